The van der Waals surface area contributed by atoms with Crippen LogP contribution in [0.3, 0.4) is 0 Å². The Kier molecular flexibility index (Phi) is 6.08. The molecule has 0 saturated carbocycles. The minimum Gasteiger partial charge on any atom is -0.497 e. The highest BCUT2D eigenvalue weighted by Crippen LogP contribution is 2.27. The quantitative estimate of drug-likeness (QED) is 0.374. The van der Waals surface area contributed by atoms with Gasteiger partial charge in [0.05, 0.1) is 24.7 Å². The van der Waals surface area contributed by atoms with E-state index in [1.807, 2.05) is 24.3 Å². The van der Waals surface area contributed by atoms with Crippen LogP contribution in [0.2, 0.25) is 0 Å². The average molecular weight is 357 g/mol. The lowest BCUT2D eigenvalue weighted by Crippen LogP contribution is -2.27. The zero-order valence-electron chi connectivity index (χ0n) is 15.2. The maximum atomic E-state index is 6.20. The topological polar surface area (TPSA) is 106 Å². The van der Waals surface area contributed by atoms with E-state index < -0.39 is 0 Å². The van der Waals surface area contributed by atoms with Crippen molar-refractivity contribution in [2.75, 3.05) is 49.3 Å². The van der Waals surface area contributed by atoms with Gasteiger partial charge in [-0.2, -0.15) is 4.98 Å². The van der Waals surface area contributed by atoms with Crippen LogP contribution in [-0.2, 0) is 0 Å². The van der Waals surface area contributed by atoms with E-state index in [4.69, 9.17) is 16.3 Å². The highest BCUT2D eigenvalue weighted by atomic mass is 16.5. The summed E-state index contributed by atoms with van der Waals surface area (Å²) in [6.07, 6.45) is 5.26. The van der Waals surface area contributed by atoms with Crippen molar-refractivity contribution in [3.8, 4) is 5.75 Å². The van der Waals surface area contributed by atoms with Crippen LogP contribution in [0.4, 0.5) is 23.1 Å². The summed E-state index contributed by atoms with van der Waals surface area (Å²) in [4.78, 5) is 11.2. The minimum atomic E-state index is 0.422. The lowest BCUT2D eigenvalue weighted by Gasteiger charge is -2.20. The number of ether oxygens (including phenoxy) is 1. The summed E-state index contributed by atoms with van der Waals surface area (Å²) in [6, 6.07) is 7.38. The first-order chi connectivity index (χ1) is 12.7. The first-order valence-corrected chi connectivity index (χ1v) is 8.95. The van der Waals surface area contributed by atoms with Gasteiger partial charge in [-0.3, -0.25) is 5.01 Å². The number of nitrogens with one attached hydrogen (secondary N) is 1. The molecular weight excluding hydrogens is 330 g/mol. The van der Waals surface area contributed by atoms with Crippen molar-refractivity contribution in [1.82, 2.24) is 14.9 Å². The summed E-state index contributed by atoms with van der Waals surface area (Å²) >= 11 is 0. The monoisotopic (exact) mass is 357 g/mol. The van der Waals surface area contributed by atoms with Gasteiger partial charge in [0.15, 0.2) is 5.82 Å². The molecule has 2 aromatic rings. The summed E-state index contributed by atoms with van der Waals surface area (Å²) in [5, 5.41) is 4.70. The van der Waals surface area contributed by atoms with E-state index >= 15 is 0 Å². The normalized spacial score (nSPS) is 14.4. The minimum absolute atomic E-state index is 0.422. The van der Waals surface area contributed by atoms with Gasteiger partial charge in [-0.05, 0) is 63.2 Å². The summed E-state index contributed by atoms with van der Waals surface area (Å²) in [5.41, 5.74) is 7.20. The van der Waals surface area contributed by atoms with E-state index in [0.29, 0.717) is 17.5 Å². The van der Waals surface area contributed by atoms with Gasteiger partial charge in [0.2, 0.25) is 5.95 Å². The molecule has 8 nitrogen and oxygen atoms in total. The molecule has 1 aliphatic rings. The van der Waals surface area contributed by atoms with Crippen molar-refractivity contribution in [3.05, 3.63) is 30.5 Å². The SMILES string of the molecule is COc1ccc(N(N)c2nc(NCCCN3CCCC3)ncc2N)cc1. The van der Waals surface area contributed by atoms with Crippen molar-refractivity contribution < 1.29 is 4.74 Å². The van der Waals surface area contributed by atoms with Crippen LogP contribution in [0.25, 0.3) is 0 Å². The summed E-state index contributed by atoms with van der Waals surface area (Å²) in [5.74, 6) is 7.96. The van der Waals surface area contributed by atoms with Crippen LogP contribution in [0.1, 0.15) is 19.3 Å². The lowest BCUT2D eigenvalue weighted by molar-refractivity contribution is 0.337. The fraction of sp³-hybridized carbons (Fsp3) is 0.444. The van der Waals surface area contributed by atoms with E-state index in [1.54, 1.807) is 13.3 Å². The zero-order valence-corrected chi connectivity index (χ0v) is 15.2. The molecule has 0 radical (unpaired) electrons. The van der Waals surface area contributed by atoms with Crippen molar-refractivity contribution in [3.63, 3.8) is 0 Å². The number of likely N-dealkylation sites (tertiary alicyclic amines) is 1. The van der Waals surface area contributed by atoms with Crippen LogP contribution >= 0.6 is 0 Å². The summed E-state index contributed by atoms with van der Waals surface area (Å²) < 4.78 is 5.17. The number of anilines is 4. The Morgan fingerprint density at radius 2 is 1.96 bits per heavy atom. The number of aromatic nitrogens is 2. The predicted molar refractivity (Wildman–Crippen MR) is 105 cm³/mol. The number of hydrogen-bond donors (Lipinski definition) is 3. The van der Waals surface area contributed by atoms with Crippen LogP contribution in [0.15, 0.2) is 30.5 Å². The summed E-state index contributed by atoms with van der Waals surface area (Å²) in [6.45, 7) is 4.34. The molecule has 1 aromatic carbocycles. The van der Waals surface area contributed by atoms with Gasteiger partial charge < -0.3 is 20.7 Å². The van der Waals surface area contributed by atoms with Crippen molar-refractivity contribution >= 4 is 23.1 Å². The Bertz CT molecular complexity index is 701. The van der Waals surface area contributed by atoms with Crippen LogP contribution in [-0.4, -0.2) is 48.2 Å². The van der Waals surface area contributed by atoms with Gasteiger partial charge in [0, 0.05) is 6.54 Å². The smallest absolute Gasteiger partial charge is 0.224 e. The fourth-order valence-corrected chi connectivity index (χ4v) is 3.03. The molecule has 140 valence electrons. The first-order valence-electron chi connectivity index (χ1n) is 8.95. The number of methoxy groups -OCH3 is 1. The Labute approximate surface area is 154 Å². The van der Waals surface area contributed by atoms with Gasteiger partial charge in [-0.1, -0.05) is 0 Å². The van der Waals surface area contributed by atoms with Crippen molar-refractivity contribution in [2.24, 2.45) is 5.84 Å². The van der Waals surface area contributed by atoms with Gasteiger partial charge in [0.1, 0.15) is 5.75 Å². The van der Waals surface area contributed by atoms with E-state index in [1.165, 1.54) is 30.9 Å². The largest absolute Gasteiger partial charge is 0.497 e. The lowest BCUT2D eigenvalue weighted by atomic mass is 10.3. The fourth-order valence-electron chi connectivity index (χ4n) is 3.03. The maximum Gasteiger partial charge on any atom is 0.224 e. The highest BCUT2D eigenvalue weighted by Gasteiger charge is 2.13. The van der Waals surface area contributed by atoms with Crippen molar-refractivity contribution in [1.29, 1.82) is 0 Å². The molecule has 0 aliphatic carbocycles. The van der Waals surface area contributed by atoms with Gasteiger partial charge in [-0.15, -0.1) is 0 Å². The second-order valence-corrected chi connectivity index (χ2v) is 6.37. The van der Waals surface area contributed by atoms with Gasteiger partial charge in [-0.25, -0.2) is 10.8 Å². The van der Waals surface area contributed by atoms with E-state index in [-0.39, 0.29) is 0 Å². The highest BCUT2D eigenvalue weighted by molar-refractivity contribution is 5.70. The molecular formula is C18H27N7O. The Balaban J connectivity index is 1.60. The second-order valence-electron chi connectivity index (χ2n) is 6.37. The number of nitrogens with two attached hydrogens (primary N) is 2. The second kappa shape index (κ2) is 8.68. The third kappa shape index (κ3) is 4.53. The molecule has 0 bridgehead atoms. The van der Waals surface area contributed by atoms with Gasteiger partial charge >= 0.3 is 0 Å². The zero-order chi connectivity index (χ0) is 18.4. The molecule has 0 unspecified atom stereocenters. The molecule has 0 spiro atoms. The molecule has 5 N–H and O–H groups in total. The standard InChI is InChI=1S/C18H27N7O/c1-26-15-7-5-14(6-8-15)25(20)17-16(19)13-22-18(23-17)21-9-4-12-24-10-2-3-11-24/h5-8,13H,2-4,9-12,19-20H2,1H3,(H,21,22,23). The molecule has 26 heavy (non-hydrogen) atoms. The van der Waals surface area contributed by atoms with E-state index in [9.17, 15) is 0 Å². The Morgan fingerprint density at radius 1 is 1.23 bits per heavy atom. The van der Waals surface area contributed by atoms with Gasteiger partial charge in [0.25, 0.3) is 0 Å². The van der Waals surface area contributed by atoms with E-state index in [0.717, 1.165) is 30.9 Å². The summed E-state index contributed by atoms with van der Waals surface area (Å²) in [7, 11) is 1.62. The average Bonchev–Trinajstić information content (AvgIpc) is 3.19. The van der Waals surface area contributed by atoms with Crippen LogP contribution < -0.4 is 26.6 Å². The number of hydrogen-bond acceptors (Lipinski definition) is 8. The molecule has 0 atom stereocenters. The first kappa shape index (κ1) is 18.2. The molecule has 3 rings (SSSR count). The third-order valence-electron chi connectivity index (χ3n) is 4.51. The number of rotatable bonds is 8. The Morgan fingerprint density at radius 3 is 2.65 bits per heavy atom. The van der Waals surface area contributed by atoms with Crippen LogP contribution in [0.5, 0.6) is 5.75 Å². The van der Waals surface area contributed by atoms with Crippen LogP contribution in [0, 0.1) is 0 Å². The number of nitrogen functional groups attached to an aromatic ring is 1. The van der Waals surface area contributed by atoms with E-state index in [2.05, 4.69) is 20.2 Å². The third-order valence-corrected chi connectivity index (χ3v) is 4.51. The molecule has 2 heterocycles. The van der Waals surface area contributed by atoms with Crippen molar-refractivity contribution in [2.45, 2.75) is 19.3 Å². The predicted octanol–water partition coefficient (Wildman–Crippen LogP) is 1.98. The molecule has 1 aliphatic heterocycles. The number of benzene rings is 1. The molecule has 1 fully saturated rings. The molecule has 1 saturated heterocycles. The maximum absolute atomic E-state index is 6.20. The number of nitrogens with zero attached hydrogens (tertiary/aromatic N) is 4. The number of hydrazine groups is 1. The molecule has 8 heteroatoms. The molecule has 0 amide bonds. The molecule has 1 aromatic heterocycles. The Hall–Kier alpha value is -2.58.